The highest BCUT2D eigenvalue weighted by molar-refractivity contribution is 5.78. The number of benzene rings is 2. The molecule has 2 aromatic carbocycles. The number of para-hydroxylation sites is 1. The summed E-state index contributed by atoms with van der Waals surface area (Å²) in [6, 6.07) is 15.3. The lowest BCUT2D eigenvalue weighted by atomic mass is 10.0. The van der Waals surface area contributed by atoms with Crippen molar-refractivity contribution in [2.75, 3.05) is 0 Å². The van der Waals surface area contributed by atoms with Gasteiger partial charge in [-0.05, 0) is 5.56 Å². The van der Waals surface area contributed by atoms with Gasteiger partial charge in [0.2, 0.25) is 5.91 Å². The van der Waals surface area contributed by atoms with Gasteiger partial charge in [-0.1, -0.05) is 62.4 Å². The highest BCUT2D eigenvalue weighted by atomic mass is 16.3. The van der Waals surface area contributed by atoms with E-state index in [4.69, 9.17) is 0 Å². The van der Waals surface area contributed by atoms with Crippen molar-refractivity contribution in [2.45, 2.75) is 20.4 Å². The van der Waals surface area contributed by atoms with Gasteiger partial charge in [0.25, 0.3) is 0 Å². The first kappa shape index (κ1) is 14.1. The Morgan fingerprint density at radius 3 is 2.45 bits per heavy atom. The molecule has 0 bridgehead atoms. The molecule has 104 valence electrons. The Labute approximate surface area is 119 Å². The number of carbonyl (C=O) groups excluding carboxylic acids is 1. The average Bonchev–Trinajstić information content (AvgIpc) is 2.46. The molecule has 0 saturated heterocycles. The Bertz CT molecular complexity index is 591. The van der Waals surface area contributed by atoms with E-state index in [0.717, 1.165) is 16.7 Å². The van der Waals surface area contributed by atoms with E-state index in [2.05, 4.69) is 5.32 Å². The Kier molecular flexibility index (Phi) is 4.41. The summed E-state index contributed by atoms with van der Waals surface area (Å²) in [5.74, 6) is 0.145. The maximum Gasteiger partial charge on any atom is 0.222 e. The summed E-state index contributed by atoms with van der Waals surface area (Å²) in [5.41, 5.74) is 2.46. The van der Waals surface area contributed by atoms with Crippen molar-refractivity contribution in [2.24, 2.45) is 5.92 Å². The normalized spacial score (nSPS) is 10.6. The summed E-state index contributed by atoms with van der Waals surface area (Å²) in [5, 5.41) is 13.2. The molecule has 0 fully saturated rings. The molecular weight excluding hydrogens is 250 g/mol. The van der Waals surface area contributed by atoms with Crippen LogP contribution in [0.5, 0.6) is 5.75 Å². The van der Waals surface area contributed by atoms with Crippen LogP contribution >= 0.6 is 0 Å². The second-order valence-corrected chi connectivity index (χ2v) is 5.05. The molecule has 0 aliphatic heterocycles. The monoisotopic (exact) mass is 269 g/mol. The minimum Gasteiger partial charge on any atom is -0.507 e. The second kappa shape index (κ2) is 6.24. The van der Waals surface area contributed by atoms with Crippen LogP contribution in [0.3, 0.4) is 0 Å². The van der Waals surface area contributed by atoms with Gasteiger partial charge in [-0.2, -0.15) is 0 Å². The van der Waals surface area contributed by atoms with Crippen molar-refractivity contribution in [3.63, 3.8) is 0 Å². The third kappa shape index (κ3) is 3.18. The van der Waals surface area contributed by atoms with Crippen LogP contribution in [0.4, 0.5) is 0 Å². The fourth-order valence-electron chi connectivity index (χ4n) is 1.97. The topological polar surface area (TPSA) is 49.3 Å². The molecule has 0 aromatic heterocycles. The van der Waals surface area contributed by atoms with Crippen LogP contribution in [0.1, 0.15) is 19.4 Å². The fraction of sp³-hybridized carbons (Fsp3) is 0.235. The minimum atomic E-state index is -0.0607. The first-order valence-corrected chi connectivity index (χ1v) is 6.73. The van der Waals surface area contributed by atoms with Crippen molar-refractivity contribution in [1.82, 2.24) is 5.32 Å². The maximum atomic E-state index is 11.6. The van der Waals surface area contributed by atoms with E-state index in [-0.39, 0.29) is 17.6 Å². The number of carbonyl (C=O) groups is 1. The standard InChI is InChI=1S/C17H19NO2/c1-12(2)17(20)18-11-14-9-6-10-15(16(14)19)13-7-4-3-5-8-13/h3-10,12,19H,11H2,1-2H3,(H,18,20). The minimum absolute atomic E-state index is 0.0190. The molecule has 2 aromatic rings. The Hall–Kier alpha value is -2.29. The zero-order valence-electron chi connectivity index (χ0n) is 11.8. The van der Waals surface area contributed by atoms with E-state index in [1.54, 1.807) is 0 Å². The largest absolute Gasteiger partial charge is 0.507 e. The quantitative estimate of drug-likeness (QED) is 0.894. The lowest BCUT2D eigenvalue weighted by Crippen LogP contribution is -2.27. The number of hydrogen-bond donors (Lipinski definition) is 2. The number of hydrogen-bond acceptors (Lipinski definition) is 2. The van der Waals surface area contributed by atoms with Crippen LogP contribution in [-0.4, -0.2) is 11.0 Å². The van der Waals surface area contributed by atoms with Gasteiger partial charge >= 0.3 is 0 Å². The average molecular weight is 269 g/mol. The summed E-state index contributed by atoms with van der Waals surface area (Å²) in [4.78, 5) is 11.6. The fourth-order valence-corrected chi connectivity index (χ4v) is 1.97. The number of phenols is 1. The predicted octanol–water partition coefficient (Wildman–Crippen LogP) is 3.33. The molecule has 0 unspecified atom stereocenters. The van der Waals surface area contributed by atoms with E-state index in [9.17, 15) is 9.90 Å². The van der Waals surface area contributed by atoms with E-state index in [0.29, 0.717) is 6.54 Å². The molecule has 3 heteroatoms. The molecule has 1 amide bonds. The van der Waals surface area contributed by atoms with Gasteiger partial charge in [-0.3, -0.25) is 4.79 Å². The van der Waals surface area contributed by atoms with E-state index >= 15 is 0 Å². The Morgan fingerprint density at radius 2 is 1.80 bits per heavy atom. The predicted molar refractivity (Wildman–Crippen MR) is 80.2 cm³/mol. The molecular formula is C17H19NO2. The molecule has 2 rings (SSSR count). The van der Waals surface area contributed by atoms with Gasteiger partial charge in [-0.25, -0.2) is 0 Å². The lowest BCUT2D eigenvalue weighted by molar-refractivity contribution is -0.124. The molecule has 0 atom stereocenters. The van der Waals surface area contributed by atoms with Crippen molar-refractivity contribution < 1.29 is 9.90 Å². The summed E-state index contributed by atoms with van der Waals surface area (Å²) in [7, 11) is 0. The van der Waals surface area contributed by atoms with Gasteiger partial charge < -0.3 is 10.4 Å². The first-order valence-electron chi connectivity index (χ1n) is 6.73. The van der Waals surface area contributed by atoms with Crippen LogP contribution in [-0.2, 0) is 11.3 Å². The van der Waals surface area contributed by atoms with Gasteiger partial charge in [0.05, 0.1) is 0 Å². The van der Waals surface area contributed by atoms with Crippen LogP contribution in [0.2, 0.25) is 0 Å². The highest BCUT2D eigenvalue weighted by Gasteiger charge is 2.11. The van der Waals surface area contributed by atoms with Crippen LogP contribution < -0.4 is 5.32 Å². The van der Waals surface area contributed by atoms with E-state index in [1.807, 2.05) is 62.4 Å². The maximum absolute atomic E-state index is 11.6. The number of rotatable bonds is 4. The summed E-state index contributed by atoms with van der Waals surface area (Å²) < 4.78 is 0. The van der Waals surface area contributed by atoms with Gasteiger partial charge in [0.1, 0.15) is 5.75 Å². The van der Waals surface area contributed by atoms with Crippen LogP contribution in [0.25, 0.3) is 11.1 Å². The molecule has 2 N–H and O–H groups in total. The van der Waals surface area contributed by atoms with E-state index < -0.39 is 0 Å². The van der Waals surface area contributed by atoms with E-state index in [1.165, 1.54) is 0 Å². The number of aromatic hydroxyl groups is 1. The third-order valence-electron chi connectivity index (χ3n) is 3.18. The molecule has 0 heterocycles. The molecule has 0 radical (unpaired) electrons. The highest BCUT2D eigenvalue weighted by Crippen LogP contribution is 2.31. The van der Waals surface area contributed by atoms with Crippen molar-refractivity contribution >= 4 is 5.91 Å². The number of amides is 1. The zero-order chi connectivity index (χ0) is 14.5. The second-order valence-electron chi connectivity index (χ2n) is 5.05. The Morgan fingerprint density at radius 1 is 1.10 bits per heavy atom. The third-order valence-corrected chi connectivity index (χ3v) is 3.18. The molecule has 0 aliphatic carbocycles. The SMILES string of the molecule is CC(C)C(=O)NCc1cccc(-c2ccccc2)c1O. The van der Waals surface area contributed by atoms with Gasteiger partial charge in [0.15, 0.2) is 0 Å². The molecule has 0 saturated carbocycles. The number of nitrogens with one attached hydrogen (secondary N) is 1. The molecule has 0 aliphatic rings. The number of phenolic OH excluding ortho intramolecular Hbond substituents is 1. The van der Waals surface area contributed by atoms with Crippen molar-refractivity contribution in [1.29, 1.82) is 0 Å². The molecule has 3 nitrogen and oxygen atoms in total. The Balaban J connectivity index is 2.22. The molecule has 20 heavy (non-hydrogen) atoms. The zero-order valence-corrected chi connectivity index (χ0v) is 11.8. The van der Waals surface area contributed by atoms with Crippen LogP contribution in [0, 0.1) is 5.92 Å². The van der Waals surface area contributed by atoms with Crippen molar-refractivity contribution in [3.8, 4) is 16.9 Å². The first-order chi connectivity index (χ1) is 9.59. The summed E-state index contributed by atoms with van der Waals surface area (Å²) in [6.07, 6.45) is 0. The summed E-state index contributed by atoms with van der Waals surface area (Å²) >= 11 is 0. The molecule has 0 spiro atoms. The van der Waals surface area contributed by atoms with Gasteiger partial charge in [0, 0.05) is 23.6 Å². The van der Waals surface area contributed by atoms with Gasteiger partial charge in [-0.15, -0.1) is 0 Å². The smallest absolute Gasteiger partial charge is 0.222 e. The lowest BCUT2D eigenvalue weighted by Gasteiger charge is -2.12. The van der Waals surface area contributed by atoms with Crippen LogP contribution in [0.15, 0.2) is 48.5 Å². The summed E-state index contributed by atoms with van der Waals surface area (Å²) in [6.45, 7) is 4.02. The van der Waals surface area contributed by atoms with Crippen molar-refractivity contribution in [3.05, 3.63) is 54.1 Å².